The second-order valence-corrected chi connectivity index (χ2v) is 5.53. The van der Waals surface area contributed by atoms with E-state index in [0.717, 1.165) is 17.0 Å². The van der Waals surface area contributed by atoms with Crippen LogP contribution in [0.5, 0.6) is 0 Å². The van der Waals surface area contributed by atoms with Gasteiger partial charge in [-0.1, -0.05) is 29.8 Å². The quantitative estimate of drug-likeness (QED) is 0.729. The molecule has 0 saturated heterocycles. The summed E-state index contributed by atoms with van der Waals surface area (Å²) in [6, 6.07) is 15.3. The Morgan fingerprint density at radius 3 is 2.58 bits per heavy atom. The number of carbonyl (C=O) groups is 1. The third-order valence-corrected chi connectivity index (χ3v) is 3.62. The fourth-order valence-electron chi connectivity index (χ4n) is 2.21. The summed E-state index contributed by atoms with van der Waals surface area (Å²) in [5, 5.41) is 6.06. The highest BCUT2D eigenvalue weighted by molar-refractivity contribution is 5.92. The molecular weight excluding hydrogens is 302 g/mol. The lowest BCUT2D eigenvalue weighted by atomic mass is 10.1. The highest BCUT2D eigenvalue weighted by Gasteiger charge is 2.07. The van der Waals surface area contributed by atoms with E-state index in [9.17, 15) is 4.79 Å². The van der Waals surface area contributed by atoms with E-state index in [0.29, 0.717) is 18.8 Å². The molecule has 3 rings (SSSR count). The van der Waals surface area contributed by atoms with Gasteiger partial charge < -0.3 is 15.1 Å². The Kier molecular flexibility index (Phi) is 4.91. The Balaban J connectivity index is 1.52. The lowest BCUT2D eigenvalue weighted by molar-refractivity contribution is 0.0946. The number of amides is 1. The van der Waals surface area contributed by atoms with Crippen molar-refractivity contribution in [3.63, 3.8) is 0 Å². The van der Waals surface area contributed by atoms with E-state index in [-0.39, 0.29) is 5.91 Å². The van der Waals surface area contributed by atoms with Gasteiger partial charge in [0.15, 0.2) is 0 Å². The highest BCUT2D eigenvalue weighted by Crippen LogP contribution is 2.09. The van der Waals surface area contributed by atoms with Crippen LogP contribution in [-0.4, -0.2) is 10.9 Å². The van der Waals surface area contributed by atoms with Crippen LogP contribution in [0.25, 0.3) is 0 Å². The van der Waals surface area contributed by atoms with Crippen molar-refractivity contribution in [1.82, 2.24) is 10.3 Å². The van der Waals surface area contributed by atoms with Crippen LogP contribution < -0.4 is 10.6 Å². The zero-order valence-electron chi connectivity index (χ0n) is 13.5. The second-order valence-electron chi connectivity index (χ2n) is 5.53. The molecule has 0 saturated carbocycles. The molecule has 0 spiro atoms. The van der Waals surface area contributed by atoms with Crippen LogP contribution in [0.3, 0.4) is 0 Å². The zero-order chi connectivity index (χ0) is 16.8. The number of pyridine rings is 1. The van der Waals surface area contributed by atoms with E-state index in [2.05, 4.69) is 15.6 Å². The Morgan fingerprint density at radius 2 is 1.92 bits per heavy atom. The highest BCUT2D eigenvalue weighted by atomic mass is 16.3. The summed E-state index contributed by atoms with van der Waals surface area (Å²) in [4.78, 5) is 16.3. The SMILES string of the molecule is Cc1ccc(CNC(=O)c2ccc(NCc3ccco3)cn2)cc1. The normalized spacial score (nSPS) is 10.4. The third-order valence-electron chi connectivity index (χ3n) is 3.62. The largest absolute Gasteiger partial charge is 0.467 e. The molecule has 0 fully saturated rings. The van der Waals surface area contributed by atoms with E-state index in [1.165, 1.54) is 5.56 Å². The fourth-order valence-corrected chi connectivity index (χ4v) is 2.21. The Morgan fingerprint density at radius 1 is 1.08 bits per heavy atom. The first-order valence-electron chi connectivity index (χ1n) is 7.77. The zero-order valence-corrected chi connectivity index (χ0v) is 13.5. The summed E-state index contributed by atoms with van der Waals surface area (Å²) in [7, 11) is 0. The van der Waals surface area contributed by atoms with Gasteiger partial charge in [-0.3, -0.25) is 4.79 Å². The summed E-state index contributed by atoms with van der Waals surface area (Å²) in [6.07, 6.45) is 3.28. The van der Waals surface area contributed by atoms with Crippen LogP contribution >= 0.6 is 0 Å². The van der Waals surface area contributed by atoms with Gasteiger partial charge in [0.2, 0.25) is 0 Å². The molecule has 0 unspecified atom stereocenters. The van der Waals surface area contributed by atoms with Gasteiger partial charge >= 0.3 is 0 Å². The van der Waals surface area contributed by atoms with Crippen molar-refractivity contribution < 1.29 is 9.21 Å². The van der Waals surface area contributed by atoms with Crippen molar-refractivity contribution in [2.45, 2.75) is 20.0 Å². The van der Waals surface area contributed by atoms with Gasteiger partial charge in [0, 0.05) is 6.54 Å². The number of benzene rings is 1. The number of aryl methyl sites for hydroxylation is 1. The van der Waals surface area contributed by atoms with Crippen molar-refractivity contribution in [2.24, 2.45) is 0 Å². The standard InChI is InChI=1S/C19H19N3O2/c1-14-4-6-15(7-5-14)11-22-19(23)18-9-8-16(12-21-18)20-13-17-3-2-10-24-17/h2-10,12,20H,11,13H2,1H3,(H,22,23). The van der Waals surface area contributed by atoms with Crippen molar-refractivity contribution in [3.8, 4) is 0 Å². The van der Waals surface area contributed by atoms with Gasteiger partial charge in [0.1, 0.15) is 11.5 Å². The number of furan rings is 1. The van der Waals surface area contributed by atoms with E-state index >= 15 is 0 Å². The van der Waals surface area contributed by atoms with Gasteiger partial charge in [-0.2, -0.15) is 0 Å². The van der Waals surface area contributed by atoms with Gasteiger partial charge in [0.05, 0.1) is 24.7 Å². The maximum Gasteiger partial charge on any atom is 0.270 e. The Hall–Kier alpha value is -3.08. The van der Waals surface area contributed by atoms with Crippen LogP contribution in [0.1, 0.15) is 27.4 Å². The summed E-state index contributed by atoms with van der Waals surface area (Å²) >= 11 is 0. The first-order valence-corrected chi connectivity index (χ1v) is 7.77. The number of rotatable bonds is 6. The summed E-state index contributed by atoms with van der Waals surface area (Å²) in [6.45, 7) is 3.10. The monoisotopic (exact) mass is 321 g/mol. The van der Waals surface area contributed by atoms with Crippen LogP contribution in [0.4, 0.5) is 5.69 Å². The molecule has 3 aromatic rings. The van der Waals surface area contributed by atoms with Crippen LogP contribution in [0.15, 0.2) is 65.4 Å². The molecule has 2 N–H and O–H groups in total. The average Bonchev–Trinajstić information content (AvgIpc) is 3.13. The second kappa shape index (κ2) is 7.46. The molecule has 24 heavy (non-hydrogen) atoms. The molecule has 1 aromatic carbocycles. The maximum absolute atomic E-state index is 12.1. The molecule has 0 radical (unpaired) electrons. The van der Waals surface area contributed by atoms with Gasteiger partial charge in [-0.05, 0) is 36.8 Å². The minimum Gasteiger partial charge on any atom is -0.467 e. The Bertz CT molecular complexity index is 778. The molecule has 1 amide bonds. The number of nitrogens with zero attached hydrogens (tertiary/aromatic N) is 1. The predicted molar refractivity (Wildman–Crippen MR) is 92.6 cm³/mol. The number of carbonyl (C=O) groups excluding carboxylic acids is 1. The summed E-state index contributed by atoms with van der Waals surface area (Å²) < 4.78 is 5.25. The number of aromatic nitrogens is 1. The molecular formula is C19H19N3O2. The molecule has 2 heterocycles. The van der Waals surface area contributed by atoms with Gasteiger partial charge in [-0.15, -0.1) is 0 Å². The molecule has 5 heteroatoms. The third kappa shape index (κ3) is 4.23. The minimum absolute atomic E-state index is 0.187. The molecule has 0 bridgehead atoms. The molecule has 5 nitrogen and oxygen atoms in total. The fraction of sp³-hybridized carbons (Fsp3) is 0.158. The smallest absolute Gasteiger partial charge is 0.270 e. The lowest BCUT2D eigenvalue weighted by Gasteiger charge is -2.07. The number of nitrogens with one attached hydrogen (secondary N) is 2. The van der Waals surface area contributed by atoms with E-state index in [4.69, 9.17) is 4.42 Å². The minimum atomic E-state index is -0.187. The molecule has 122 valence electrons. The summed E-state index contributed by atoms with van der Waals surface area (Å²) in [5.74, 6) is 0.656. The van der Waals surface area contributed by atoms with Crippen molar-refractivity contribution in [2.75, 3.05) is 5.32 Å². The molecule has 0 aliphatic rings. The van der Waals surface area contributed by atoms with E-state index in [1.54, 1.807) is 18.5 Å². The average molecular weight is 321 g/mol. The van der Waals surface area contributed by atoms with Crippen LogP contribution in [-0.2, 0) is 13.1 Å². The molecule has 0 atom stereocenters. The topological polar surface area (TPSA) is 67.2 Å². The summed E-state index contributed by atoms with van der Waals surface area (Å²) in [5.41, 5.74) is 3.49. The number of hydrogen-bond acceptors (Lipinski definition) is 4. The maximum atomic E-state index is 12.1. The van der Waals surface area contributed by atoms with Crippen LogP contribution in [0.2, 0.25) is 0 Å². The van der Waals surface area contributed by atoms with E-state index in [1.807, 2.05) is 49.4 Å². The van der Waals surface area contributed by atoms with Crippen molar-refractivity contribution in [3.05, 3.63) is 83.6 Å². The van der Waals surface area contributed by atoms with Gasteiger partial charge in [-0.25, -0.2) is 4.98 Å². The van der Waals surface area contributed by atoms with Crippen molar-refractivity contribution >= 4 is 11.6 Å². The first-order chi connectivity index (χ1) is 11.7. The molecule has 2 aromatic heterocycles. The number of hydrogen-bond donors (Lipinski definition) is 2. The van der Waals surface area contributed by atoms with E-state index < -0.39 is 0 Å². The predicted octanol–water partition coefficient (Wildman–Crippen LogP) is 3.53. The van der Waals surface area contributed by atoms with Gasteiger partial charge in [0.25, 0.3) is 5.91 Å². The first kappa shape index (κ1) is 15.8. The molecule has 0 aliphatic heterocycles. The van der Waals surface area contributed by atoms with Crippen molar-refractivity contribution in [1.29, 1.82) is 0 Å². The molecule has 0 aliphatic carbocycles. The lowest BCUT2D eigenvalue weighted by Crippen LogP contribution is -2.23. The van der Waals surface area contributed by atoms with Crippen LogP contribution in [0, 0.1) is 6.92 Å². The number of anilines is 1. The Labute approximate surface area is 140 Å².